The van der Waals surface area contributed by atoms with Crippen LogP contribution in [0.2, 0.25) is 0 Å². The van der Waals surface area contributed by atoms with Gasteiger partial charge in [-0.15, -0.1) is 11.8 Å². The number of carbonyl (C=O) groups excluding carboxylic acids is 1. The first-order valence-corrected chi connectivity index (χ1v) is 32.2. The maximum Gasteiger partial charge on any atom is 0.407 e. The van der Waals surface area contributed by atoms with Crippen molar-refractivity contribution >= 4 is 6.09 Å². The highest BCUT2D eigenvalue weighted by atomic mass is 16.6. The Kier molecular flexibility index (Phi) is 66.8. The molecule has 0 radical (unpaired) electrons. The van der Waals surface area contributed by atoms with Crippen LogP contribution >= 0.6 is 0 Å². The molecule has 0 aromatic carbocycles. The minimum Gasteiger partial charge on any atom is -0.449 e. The van der Waals surface area contributed by atoms with Gasteiger partial charge in [0.05, 0.1) is 330 Å². The van der Waals surface area contributed by atoms with Crippen molar-refractivity contribution in [1.29, 1.82) is 0 Å². The number of hydrogen-bond donors (Lipinski definition) is 2. The van der Waals surface area contributed by atoms with Gasteiger partial charge in [-0.3, -0.25) is 0 Å². The highest BCUT2D eigenvalue weighted by molar-refractivity contribution is 5.67. The van der Waals surface area contributed by atoms with E-state index in [1.807, 2.05) is 0 Å². The van der Waals surface area contributed by atoms with E-state index >= 15 is 0 Å². The van der Waals surface area contributed by atoms with Gasteiger partial charge in [0.1, 0.15) is 0 Å². The van der Waals surface area contributed by atoms with Gasteiger partial charge in [0.2, 0.25) is 0 Å². The van der Waals surface area contributed by atoms with Crippen LogP contribution < -0.4 is 5.32 Å². The predicted octanol–water partition coefficient (Wildman–Crippen LogP) is 1.54. The highest BCUT2D eigenvalue weighted by Gasteiger charge is 2.49. The van der Waals surface area contributed by atoms with Crippen LogP contribution in [0.25, 0.3) is 0 Å². The van der Waals surface area contributed by atoms with Crippen molar-refractivity contribution in [3.63, 3.8) is 0 Å². The number of hydrogen-bond acceptors (Lipinski definition) is 27. The number of aliphatic hydroxyl groups is 1. The topological polar surface area (TPSA) is 280 Å². The minimum atomic E-state index is -0.386. The van der Waals surface area contributed by atoms with Crippen molar-refractivity contribution in [2.45, 2.75) is 25.7 Å². The second-order valence-electron chi connectivity index (χ2n) is 19.4. The zero-order chi connectivity index (χ0) is 63.0. The molecule has 89 heavy (non-hydrogen) atoms. The SMILES string of the molecule is O=C(NCCOCCOCCOCCOCCOCCOCCOCCOCCOCCOCCOCCOCCOCCOCCOCCOCCOCCOCCOCCOCCOCCOCCOCCOCCO)OCC1[C@H]2CCC#CCC[C@@H]12. The van der Waals surface area contributed by atoms with E-state index < -0.39 is 0 Å². The fraction of sp³-hybridized carbons (Fsp3) is 0.951. The van der Waals surface area contributed by atoms with E-state index in [0.717, 1.165) is 25.7 Å². The lowest BCUT2D eigenvalue weighted by Crippen LogP contribution is -2.29. The molecule has 3 atom stereocenters. The van der Waals surface area contributed by atoms with Crippen LogP contribution in [0.3, 0.4) is 0 Å². The molecule has 0 spiro atoms. The van der Waals surface area contributed by atoms with Crippen molar-refractivity contribution < 1.29 is 128 Å². The second-order valence-corrected chi connectivity index (χ2v) is 19.4. The summed E-state index contributed by atoms with van der Waals surface area (Å²) in [6.45, 7) is 23.7. The Labute approximate surface area is 530 Å². The summed E-state index contributed by atoms with van der Waals surface area (Å²) in [6, 6.07) is 0. The first-order chi connectivity index (χ1) is 44.3. The van der Waals surface area contributed by atoms with E-state index in [0.29, 0.717) is 348 Å². The molecule has 28 heteroatoms. The Balaban J connectivity index is 1.09. The predicted molar refractivity (Wildman–Crippen MR) is 323 cm³/mol. The summed E-state index contributed by atoms with van der Waals surface area (Å²) in [5.74, 6) is 8.22. The third kappa shape index (κ3) is 63.0. The van der Waals surface area contributed by atoms with Gasteiger partial charge in [-0.1, -0.05) is 0 Å². The van der Waals surface area contributed by atoms with Gasteiger partial charge < -0.3 is 129 Å². The largest absolute Gasteiger partial charge is 0.449 e. The fourth-order valence-corrected chi connectivity index (χ4v) is 7.96. The van der Waals surface area contributed by atoms with E-state index in [1.54, 1.807) is 0 Å². The number of ether oxygens (including phenoxy) is 25. The van der Waals surface area contributed by atoms with Crippen LogP contribution in [0, 0.1) is 29.6 Å². The molecule has 2 aliphatic rings. The van der Waals surface area contributed by atoms with E-state index in [1.165, 1.54) is 0 Å². The lowest BCUT2D eigenvalue weighted by atomic mass is 10.1. The number of rotatable bonds is 76. The molecule has 1 fully saturated rings. The molecule has 0 heterocycles. The van der Waals surface area contributed by atoms with Crippen molar-refractivity contribution in [1.82, 2.24) is 5.32 Å². The van der Waals surface area contributed by atoms with Crippen molar-refractivity contribution in [2.24, 2.45) is 17.8 Å². The van der Waals surface area contributed by atoms with E-state index in [9.17, 15) is 4.79 Å². The van der Waals surface area contributed by atoms with Crippen LogP contribution in [0.5, 0.6) is 0 Å². The molecular formula is C61H115NO27. The molecule has 1 saturated carbocycles. The first kappa shape index (κ1) is 82.9. The van der Waals surface area contributed by atoms with Crippen LogP contribution in [0.4, 0.5) is 4.79 Å². The van der Waals surface area contributed by atoms with Crippen molar-refractivity contribution in [3.05, 3.63) is 0 Å². The first-order valence-electron chi connectivity index (χ1n) is 32.2. The third-order valence-electron chi connectivity index (χ3n) is 12.6. The smallest absolute Gasteiger partial charge is 0.407 e. The maximum atomic E-state index is 12.0. The molecule has 0 aromatic rings. The zero-order valence-electron chi connectivity index (χ0n) is 53.7. The Morgan fingerprint density at radius 1 is 0.270 bits per heavy atom. The molecule has 0 saturated heterocycles. The number of fused-ring (bicyclic) bond motifs is 1. The molecule has 2 rings (SSSR count). The average Bonchev–Trinajstić information content (AvgIpc) is 2.02. The van der Waals surface area contributed by atoms with Gasteiger partial charge in [-0.05, 0) is 30.6 Å². The lowest BCUT2D eigenvalue weighted by molar-refractivity contribution is -0.0320. The quantitative estimate of drug-likeness (QED) is 0.0645. The highest BCUT2D eigenvalue weighted by Crippen LogP contribution is 2.52. The van der Waals surface area contributed by atoms with Crippen LogP contribution in [0.15, 0.2) is 0 Å². The Bertz CT molecular complexity index is 1460. The summed E-state index contributed by atoms with van der Waals surface area (Å²) in [5.41, 5.74) is 0. The zero-order valence-corrected chi connectivity index (χ0v) is 53.7. The summed E-state index contributed by atoms with van der Waals surface area (Å²) < 4.78 is 137. The summed E-state index contributed by atoms with van der Waals surface area (Å²) >= 11 is 0. The molecular weight excluding hydrogens is 1180 g/mol. The van der Waals surface area contributed by atoms with Gasteiger partial charge >= 0.3 is 6.09 Å². The molecule has 2 N–H and O–H groups in total. The standard InChI is InChI=1S/C61H115NO27/c63-8-10-66-12-14-68-16-18-70-20-22-72-24-26-74-28-30-76-32-34-78-36-38-80-40-42-82-44-46-84-48-50-86-52-54-88-56-55-87-53-51-85-49-47-83-45-43-81-41-39-79-37-35-77-33-31-75-29-27-73-25-23-71-21-19-69-17-15-67-13-11-65-9-7-62-61(64)89-57-60-58-5-3-1-2-4-6-59(58)60/h58-60,63H,3-57H2,(H,62,64)/t58-,59+,60?. The van der Waals surface area contributed by atoms with Crippen molar-refractivity contribution in [2.75, 3.05) is 337 Å². The van der Waals surface area contributed by atoms with Gasteiger partial charge in [-0.25, -0.2) is 4.79 Å². The number of aliphatic hydroxyl groups excluding tert-OH is 1. The Morgan fingerprint density at radius 3 is 0.618 bits per heavy atom. The van der Waals surface area contributed by atoms with E-state index in [2.05, 4.69) is 17.2 Å². The molecule has 1 amide bonds. The lowest BCUT2D eigenvalue weighted by Gasteiger charge is -2.09. The number of alkyl carbamates (subject to hydrolysis) is 1. The second kappa shape index (κ2) is 71.7. The van der Waals surface area contributed by atoms with E-state index in [-0.39, 0.29) is 12.7 Å². The summed E-state index contributed by atoms with van der Waals surface area (Å²) in [5, 5.41) is 11.4. The van der Waals surface area contributed by atoms with Crippen LogP contribution in [0.1, 0.15) is 25.7 Å². The Morgan fingerprint density at radius 2 is 0.438 bits per heavy atom. The molecule has 0 aromatic heterocycles. The van der Waals surface area contributed by atoms with Crippen LogP contribution in [-0.4, -0.2) is 348 Å². The molecule has 1 unspecified atom stereocenters. The van der Waals surface area contributed by atoms with Gasteiger partial charge in [-0.2, -0.15) is 0 Å². The Hall–Kier alpha value is -2.17. The summed E-state index contributed by atoms with van der Waals surface area (Å²) in [7, 11) is 0. The fourth-order valence-electron chi connectivity index (χ4n) is 7.96. The average molecular weight is 1290 g/mol. The number of nitrogens with one attached hydrogen (secondary N) is 1. The summed E-state index contributed by atoms with van der Waals surface area (Å²) in [6.07, 6.45) is 3.76. The number of amides is 1. The monoisotopic (exact) mass is 1290 g/mol. The molecule has 28 nitrogen and oxygen atoms in total. The van der Waals surface area contributed by atoms with Gasteiger partial charge in [0.25, 0.3) is 0 Å². The molecule has 526 valence electrons. The summed E-state index contributed by atoms with van der Waals surface area (Å²) in [4.78, 5) is 12.0. The normalized spacial score (nSPS) is 15.4. The molecule has 0 bridgehead atoms. The molecule has 0 aliphatic heterocycles. The third-order valence-corrected chi connectivity index (χ3v) is 12.6. The van der Waals surface area contributed by atoms with Crippen molar-refractivity contribution in [3.8, 4) is 11.8 Å². The van der Waals surface area contributed by atoms with Gasteiger partial charge in [0.15, 0.2) is 0 Å². The van der Waals surface area contributed by atoms with E-state index in [4.69, 9.17) is 124 Å². The minimum absolute atomic E-state index is 0.0168. The number of carbonyl (C=O) groups is 1. The van der Waals surface area contributed by atoms with Crippen LogP contribution in [-0.2, 0) is 118 Å². The maximum absolute atomic E-state index is 12.0. The van der Waals surface area contributed by atoms with Gasteiger partial charge in [0, 0.05) is 19.4 Å². The molecule has 2 aliphatic carbocycles.